The van der Waals surface area contributed by atoms with Crippen molar-refractivity contribution in [3.8, 4) is 5.75 Å². The average molecular weight is 408 g/mol. The fraction of sp³-hybridized carbons (Fsp3) is 0.556. The number of ether oxygens (including phenoxy) is 4. The highest BCUT2D eigenvalue weighted by Gasteiger charge is 2.36. The molecule has 1 aliphatic heterocycles. The van der Waals surface area contributed by atoms with Gasteiger partial charge in [-0.25, -0.2) is 13.6 Å². The third-order valence-electron chi connectivity index (χ3n) is 4.42. The summed E-state index contributed by atoms with van der Waals surface area (Å²) in [6.45, 7) is 4.90. The molecule has 0 aromatic heterocycles. The van der Waals surface area contributed by atoms with Gasteiger partial charge in [0, 0.05) is 12.5 Å². The number of hydrogen-bond donors (Lipinski definition) is 0. The zero-order chi connectivity index (χ0) is 21.2. The lowest BCUT2D eigenvalue weighted by Crippen LogP contribution is -2.33. The van der Waals surface area contributed by atoms with Gasteiger partial charge in [0.25, 0.3) is 6.29 Å². The molecule has 0 bridgehead atoms. The number of Topliss-reactive ketones (excluding diaryl/α,β-unsaturated/α-hetero) is 1. The van der Waals surface area contributed by atoms with Crippen molar-refractivity contribution in [1.29, 1.82) is 0 Å². The molecular weight excluding hydrogens is 388 g/mol. The van der Waals surface area contributed by atoms with Gasteiger partial charge in [-0.3, -0.25) is 4.79 Å². The van der Waals surface area contributed by atoms with Crippen LogP contribution in [-0.4, -0.2) is 37.5 Å². The van der Waals surface area contributed by atoms with Crippen molar-refractivity contribution >= 4 is 11.9 Å². The number of carbonyl (C=O) groups excluding carboxylic acids is 2. The van der Waals surface area contributed by atoms with E-state index in [4.69, 9.17) is 9.47 Å². The Bertz CT molecular complexity index is 751. The molecule has 2 unspecified atom stereocenters. The van der Waals surface area contributed by atoms with Gasteiger partial charge in [0.1, 0.15) is 6.61 Å². The Hall–Kier alpha value is -2.36. The topological polar surface area (TPSA) is 71.1 Å². The zero-order valence-electron chi connectivity index (χ0n) is 15.7. The van der Waals surface area contributed by atoms with Crippen molar-refractivity contribution < 1.29 is 46.1 Å². The van der Waals surface area contributed by atoms with Crippen molar-refractivity contribution in [2.24, 2.45) is 0 Å². The highest BCUT2D eigenvalue weighted by molar-refractivity contribution is 5.79. The molecule has 2 rings (SSSR count). The minimum atomic E-state index is -1.88. The van der Waals surface area contributed by atoms with E-state index >= 15 is 0 Å². The molecule has 0 N–H and O–H groups in total. The summed E-state index contributed by atoms with van der Waals surface area (Å²) in [6.07, 6.45) is -3.48. The van der Waals surface area contributed by atoms with Gasteiger partial charge in [0.15, 0.2) is 23.5 Å². The van der Waals surface area contributed by atoms with Crippen molar-refractivity contribution in [2.45, 2.75) is 51.9 Å². The number of carbonyl (C=O) groups is 2. The van der Waals surface area contributed by atoms with Crippen LogP contribution in [0.5, 0.6) is 5.75 Å². The predicted molar refractivity (Wildman–Crippen MR) is 86.9 cm³/mol. The average Bonchev–Trinajstić information content (AvgIpc) is 3.04. The third kappa shape index (κ3) is 4.37. The van der Waals surface area contributed by atoms with Crippen LogP contribution < -0.4 is 4.74 Å². The molecule has 2 atom stereocenters. The Kier molecular flexibility index (Phi) is 6.53. The smallest absolute Gasteiger partial charge is 0.451 e. The fourth-order valence-corrected chi connectivity index (χ4v) is 2.47. The van der Waals surface area contributed by atoms with Crippen LogP contribution in [0, 0.1) is 23.3 Å². The lowest BCUT2D eigenvalue weighted by Gasteiger charge is -2.26. The number of halogens is 4. The fourth-order valence-electron chi connectivity index (χ4n) is 2.47. The highest BCUT2D eigenvalue weighted by atomic mass is 19.2. The molecule has 10 heteroatoms. The van der Waals surface area contributed by atoms with Crippen LogP contribution in [0.4, 0.5) is 22.4 Å². The van der Waals surface area contributed by atoms with Crippen LogP contribution in [0.15, 0.2) is 0 Å². The Labute approximate surface area is 158 Å². The molecule has 1 aromatic carbocycles. The van der Waals surface area contributed by atoms with Gasteiger partial charge in [0.05, 0.1) is 6.61 Å². The van der Waals surface area contributed by atoms with Gasteiger partial charge in [0.2, 0.25) is 17.4 Å². The van der Waals surface area contributed by atoms with E-state index in [2.05, 4.69) is 9.47 Å². The van der Waals surface area contributed by atoms with Crippen LogP contribution in [0.3, 0.4) is 0 Å². The molecule has 1 aromatic rings. The SMILES string of the molecule is CCC(C)(C)c1c(F)c(F)c(OC(OCC2COC(=O)O2)C(C)=O)c(F)c1F. The molecule has 0 aliphatic carbocycles. The maximum Gasteiger partial charge on any atom is 0.508 e. The Morgan fingerprint density at radius 2 is 1.75 bits per heavy atom. The van der Waals surface area contributed by atoms with Crippen molar-refractivity contribution in [3.05, 3.63) is 28.8 Å². The first-order valence-corrected chi connectivity index (χ1v) is 8.48. The van der Waals surface area contributed by atoms with Crippen LogP contribution in [0.2, 0.25) is 0 Å². The standard InChI is InChI=1S/C18H20F4O6/c1-5-18(3,4)10-11(19)13(21)15(14(22)12(10)20)28-16(8(2)23)25-6-9-7-26-17(24)27-9/h9,16H,5-7H2,1-4H3. The Balaban J connectivity index is 2.30. The number of rotatable bonds is 8. The highest BCUT2D eigenvalue weighted by Crippen LogP contribution is 2.38. The molecule has 1 aliphatic rings. The molecule has 0 amide bonds. The zero-order valence-corrected chi connectivity index (χ0v) is 15.7. The molecule has 1 saturated heterocycles. The number of hydrogen-bond acceptors (Lipinski definition) is 6. The first-order chi connectivity index (χ1) is 13.0. The van der Waals surface area contributed by atoms with Crippen molar-refractivity contribution in [1.82, 2.24) is 0 Å². The lowest BCUT2D eigenvalue weighted by molar-refractivity contribution is -0.152. The summed E-state index contributed by atoms with van der Waals surface area (Å²) >= 11 is 0. The monoisotopic (exact) mass is 408 g/mol. The van der Waals surface area contributed by atoms with E-state index < -0.39 is 70.9 Å². The van der Waals surface area contributed by atoms with E-state index in [0.717, 1.165) is 6.92 Å². The van der Waals surface area contributed by atoms with Crippen LogP contribution in [0.25, 0.3) is 0 Å². The van der Waals surface area contributed by atoms with E-state index in [9.17, 15) is 27.2 Å². The molecule has 1 heterocycles. The number of ketones is 1. The molecule has 6 nitrogen and oxygen atoms in total. The quantitative estimate of drug-likeness (QED) is 0.282. The van der Waals surface area contributed by atoms with E-state index in [0.29, 0.717) is 0 Å². The Morgan fingerprint density at radius 1 is 1.18 bits per heavy atom. The lowest BCUT2D eigenvalue weighted by atomic mass is 9.81. The van der Waals surface area contributed by atoms with Crippen molar-refractivity contribution in [2.75, 3.05) is 13.2 Å². The molecule has 0 saturated carbocycles. The second-order valence-corrected chi connectivity index (χ2v) is 6.89. The van der Waals surface area contributed by atoms with Gasteiger partial charge < -0.3 is 18.9 Å². The minimum absolute atomic E-state index is 0.157. The van der Waals surface area contributed by atoms with E-state index in [1.807, 2.05) is 0 Å². The summed E-state index contributed by atoms with van der Waals surface area (Å²) in [5.74, 6) is -9.02. The van der Waals surface area contributed by atoms with Gasteiger partial charge >= 0.3 is 6.16 Å². The number of benzene rings is 1. The Morgan fingerprint density at radius 3 is 2.18 bits per heavy atom. The first kappa shape index (κ1) is 21.9. The molecule has 1 fully saturated rings. The molecule has 28 heavy (non-hydrogen) atoms. The van der Waals surface area contributed by atoms with E-state index in [1.54, 1.807) is 6.92 Å². The first-order valence-electron chi connectivity index (χ1n) is 8.48. The van der Waals surface area contributed by atoms with Crippen LogP contribution in [-0.2, 0) is 24.4 Å². The molecular formula is C18H20F4O6. The van der Waals surface area contributed by atoms with Gasteiger partial charge in [-0.05, 0) is 11.8 Å². The summed E-state index contributed by atoms with van der Waals surface area (Å²) in [4.78, 5) is 22.5. The maximum absolute atomic E-state index is 14.5. The van der Waals surface area contributed by atoms with E-state index in [-0.39, 0.29) is 13.0 Å². The van der Waals surface area contributed by atoms with Gasteiger partial charge in [-0.2, -0.15) is 8.78 Å². The maximum atomic E-state index is 14.5. The second kappa shape index (κ2) is 8.34. The normalized spacial score (nSPS) is 17.9. The summed E-state index contributed by atoms with van der Waals surface area (Å²) in [5.41, 5.74) is -1.94. The molecule has 0 spiro atoms. The van der Waals surface area contributed by atoms with Crippen molar-refractivity contribution in [3.63, 3.8) is 0 Å². The summed E-state index contributed by atoms with van der Waals surface area (Å²) < 4.78 is 76.8. The number of cyclic esters (lactones) is 2. The third-order valence-corrected chi connectivity index (χ3v) is 4.42. The minimum Gasteiger partial charge on any atom is -0.451 e. The molecule has 0 radical (unpaired) electrons. The van der Waals surface area contributed by atoms with Gasteiger partial charge in [-0.15, -0.1) is 0 Å². The summed E-state index contributed by atoms with van der Waals surface area (Å²) in [6, 6.07) is 0. The van der Waals surface area contributed by atoms with Crippen LogP contribution in [0.1, 0.15) is 39.7 Å². The van der Waals surface area contributed by atoms with Gasteiger partial charge in [-0.1, -0.05) is 20.8 Å². The summed E-state index contributed by atoms with van der Waals surface area (Å²) in [7, 11) is 0. The molecule has 156 valence electrons. The second-order valence-electron chi connectivity index (χ2n) is 6.89. The predicted octanol–water partition coefficient (Wildman–Crippen LogP) is 3.78. The van der Waals surface area contributed by atoms with E-state index in [1.165, 1.54) is 13.8 Å². The summed E-state index contributed by atoms with van der Waals surface area (Å²) in [5, 5.41) is 0. The largest absolute Gasteiger partial charge is 0.508 e. The van der Waals surface area contributed by atoms with Crippen LogP contribution >= 0.6 is 0 Å².